The van der Waals surface area contributed by atoms with Crippen molar-refractivity contribution in [2.75, 3.05) is 11.9 Å². The molecule has 0 radical (unpaired) electrons. The normalized spacial score (nSPS) is 10.3. The van der Waals surface area contributed by atoms with Gasteiger partial charge in [-0.15, -0.1) is 0 Å². The smallest absolute Gasteiger partial charge is 0.413 e. The number of hydrogen-bond donors (Lipinski definition) is 1. The van der Waals surface area contributed by atoms with Crippen molar-refractivity contribution in [1.29, 1.82) is 0 Å². The lowest BCUT2D eigenvalue weighted by molar-refractivity contribution is -0.384. The van der Waals surface area contributed by atoms with Crippen molar-refractivity contribution < 1.29 is 24.0 Å². The number of nitro groups is 1. The number of ether oxygens (including phenoxy) is 2. The number of benzene rings is 2. The largest absolute Gasteiger partial charge is 0.462 e. The van der Waals surface area contributed by atoms with Crippen LogP contribution in [0.3, 0.4) is 0 Å². The maximum atomic E-state index is 12.3. The molecule has 10 heteroatoms. The summed E-state index contributed by atoms with van der Waals surface area (Å²) in [6.45, 7) is 1.83. The summed E-state index contributed by atoms with van der Waals surface area (Å²) in [4.78, 5) is 34.9. The fourth-order valence-electron chi connectivity index (χ4n) is 2.59. The third-order valence-electron chi connectivity index (χ3n) is 4.00. The van der Waals surface area contributed by atoms with Crippen LogP contribution in [0.2, 0.25) is 0 Å². The number of nitrogens with zero attached hydrogens (tertiary/aromatic N) is 3. The highest BCUT2D eigenvalue weighted by Crippen LogP contribution is 2.23. The molecule has 0 saturated carbocycles. The van der Waals surface area contributed by atoms with Crippen LogP contribution in [0.25, 0.3) is 5.69 Å². The summed E-state index contributed by atoms with van der Waals surface area (Å²) in [7, 11) is 0. The van der Waals surface area contributed by atoms with Gasteiger partial charge in [0.15, 0.2) is 5.82 Å². The minimum atomic E-state index is -0.798. The summed E-state index contributed by atoms with van der Waals surface area (Å²) in [5.41, 5.74) is 1.11. The Bertz CT molecular complexity index is 1050. The third kappa shape index (κ3) is 4.79. The third-order valence-corrected chi connectivity index (χ3v) is 4.00. The van der Waals surface area contributed by atoms with E-state index in [2.05, 4.69) is 10.4 Å². The van der Waals surface area contributed by atoms with Crippen molar-refractivity contribution >= 4 is 23.6 Å². The van der Waals surface area contributed by atoms with E-state index in [9.17, 15) is 19.7 Å². The molecule has 0 atom stereocenters. The molecule has 0 bridgehead atoms. The number of aromatic nitrogens is 2. The number of carbonyl (C=O) groups is 2. The van der Waals surface area contributed by atoms with E-state index < -0.39 is 17.0 Å². The molecule has 30 heavy (non-hydrogen) atoms. The molecule has 0 spiro atoms. The van der Waals surface area contributed by atoms with Gasteiger partial charge in [-0.2, -0.15) is 5.10 Å². The first-order chi connectivity index (χ1) is 14.5. The Labute approximate surface area is 171 Å². The van der Waals surface area contributed by atoms with Crippen LogP contribution < -0.4 is 5.32 Å². The molecule has 1 amide bonds. The summed E-state index contributed by atoms with van der Waals surface area (Å²) in [6.07, 6.45) is 0.444. The van der Waals surface area contributed by atoms with Gasteiger partial charge in [0.05, 0.1) is 23.4 Å². The van der Waals surface area contributed by atoms with Crippen molar-refractivity contribution in [3.05, 3.63) is 82.0 Å². The highest BCUT2D eigenvalue weighted by atomic mass is 16.6. The van der Waals surface area contributed by atoms with Gasteiger partial charge in [0.25, 0.3) is 5.69 Å². The van der Waals surface area contributed by atoms with Crippen molar-refractivity contribution in [3.8, 4) is 5.69 Å². The average Bonchev–Trinajstić information content (AvgIpc) is 3.16. The summed E-state index contributed by atoms with van der Waals surface area (Å²) < 4.78 is 11.5. The molecule has 3 aromatic rings. The van der Waals surface area contributed by atoms with Crippen LogP contribution in [0.4, 0.5) is 16.3 Å². The molecule has 154 valence electrons. The number of nitrogens with one attached hydrogen (secondary N) is 1. The second-order valence-corrected chi connectivity index (χ2v) is 6.00. The van der Waals surface area contributed by atoms with Gasteiger partial charge in [-0.1, -0.05) is 30.3 Å². The lowest BCUT2D eigenvalue weighted by Gasteiger charge is -2.11. The van der Waals surface area contributed by atoms with E-state index in [-0.39, 0.29) is 30.3 Å². The molecular formula is C20H18N4O6. The Balaban J connectivity index is 1.85. The van der Waals surface area contributed by atoms with Gasteiger partial charge >= 0.3 is 12.1 Å². The number of esters is 1. The second-order valence-electron chi connectivity index (χ2n) is 6.00. The number of carbonyl (C=O) groups excluding carboxylic acids is 2. The Morgan fingerprint density at radius 2 is 1.80 bits per heavy atom. The first kappa shape index (κ1) is 20.5. The van der Waals surface area contributed by atoms with Gasteiger partial charge in [0.2, 0.25) is 0 Å². The molecule has 0 aliphatic rings. The molecule has 3 rings (SSSR count). The van der Waals surface area contributed by atoms with Crippen molar-refractivity contribution in [1.82, 2.24) is 9.78 Å². The molecule has 0 aliphatic heterocycles. The zero-order valence-corrected chi connectivity index (χ0v) is 16.0. The van der Waals surface area contributed by atoms with E-state index in [0.717, 1.165) is 5.56 Å². The summed E-state index contributed by atoms with van der Waals surface area (Å²) in [5, 5.41) is 17.5. The molecule has 2 aromatic carbocycles. The molecule has 1 aromatic heterocycles. The van der Waals surface area contributed by atoms with Gasteiger partial charge in [-0.3, -0.25) is 15.4 Å². The molecule has 0 unspecified atom stereocenters. The molecular weight excluding hydrogens is 392 g/mol. The van der Waals surface area contributed by atoms with E-state index in [1.807, 2.05) is 18.2 Å². The Hall–Kier alpha value is -4.21. The Morgan fingerprint density at radius 3 is 2.43 bits per heavy atom. The Morgan fingerprint density at radius 1 is 1.10 bits per heavy atom. The number of anilines is 1. The van der Waals surface area contributed by atoms with Crippen molar-refractivity contribution in [2.24, 2.45) is 0 Å². The van der Waals surface area contributed by atoms with Crippen LogP contribution in [0, 0.1) is 10.1 Å². The highest BCUT2D eigenvalue weighted by molar-refractivity contribution is 5.98. The maximum Gasteiger partial charge on any atom is 0.413 e. The maximum absolute atomic E-state index is 12.3. The summed E-state index contributed by atoms with van der Waals surface area (Å²) in [5.74, 6) is -0.649. The molecule has 0 aliphatic carbocycles. The lowest BCUT2D eigenvalue weighted by atomic mass is 10.2. The van der Waals surface area contributed by atoms with Crippen molar-refractivity contribution in [3.63, 3.8) is 0 Å². The minimum absolute atomic E-state index is 0.0202. The highest BCUT2D eigenvalue weighted by Gasteiger charge is 2.22. The van der Waals surface area contributed by atoms with Crippen LogP contribution >= 0.6 is 0 Å². The van der Waals surface area contributed by atoms with E-state index in [1.165, 1.54) is 35.1 Å². The van der Waals surface area contributed by atoms with Gasteiger partial charge in [0.1, 0.15) is 12.2 Å². The van der Waals surface area contributed by atoms with Crippen LogP contribution in [0.5, 0.6) is 0 Å². The van der Waals surface area contributed by atoms with Crippen LogP contribution in [-0.2, 0) is 16.1 Å². The molecule has 1 N–H and O–H groups in total. The fraction of sp³-hybridized carbons (Fsp3) is 0.150. The monoisotopic (exact) mass is 410 g/mol. The van der Waals surface area contributed by atoms with Crippen LogP contribution in [0.15, 0.2) is 60.8 Å². The second kappa shape index (κ2) is 9.32. The van der Waals surface area contributed by atoms with Gasteiger partial charge < -0.3 is 9.47 Å². The SMILES string of the molecule is CCOC(=O)c1cnn(-c2ccc([N+](=O)[O-])cc2)c1NC(=O)OCc1ccccc1. The number of rotatable bonds is 7. The Kier molecular flexibility index (Phi) is 6.38. The molecule has 1 heterocycles. The van der Waals surface area contributed by atoms with Gasteiger partial charge in [0, 0.05) is 12.1 Å². The number of nitro benzene ring substituents is 1. The van der Waals surface area contributed by atoms with E-state index >= 15 is 0 Å². The zero-order valence-electron chi connectivity index (χ0n) is 16.0. The van der Waals surface area contributed by atoms with E-state index in [0.29, 0.717) is 5.69 Å². The fourth-order valence-corrected chi connectivity index (χ4v) is 2.59. The van der Waals surface area contributed by atoms with Crippen molar-refractivity contribution in [2.45, 2.75) is 13.5 Å². The topological polar surface area (TPSA) is 126 Å². The van der Waals surface area contributed by atoms with E-state index in [4.69, 9.17) is 9.47 Å². The molecule has 10 nitrogen and oxygen atoms in total. The molecule has 0 fully saturated rings. The quantitative estimate of drug-likeness (QED) is 0.357. The molecule has 0 saturated heterocycles. The average molecular weight is 410 g/mol. The van der Waals surface area contributed by atoms with Gasteiger partial charge in [-0.05, 0) is 24.6 Å². The number of hydrogen-bond acceptors (Lipinski definition) is 7. The number of non-ortho nitro benzene ring substituents is 1. The van der Waals surface area contributed by atoms with Crippen LogP contribution in [-0.4, -0.2) is 33.4 Å². The van der Waals surface area contributed by atoms with Gasteiger partial charge in [-0.25, -0.2) is 14.3 Å². The van der Waals surface area contributed by atoms with E-state index in [1.54, 1.807) is 19.1 Å². The standard InChI is InChI=1S/C20H18N4O6/c1-2-29-19(25)17-12-21-23(15-8-10-16(11-9-15)24(27)28)18(17)22-20(26)30-13-14-6-4-3-5-7-14/h3-12H,2,13H2,1H3,(H,22,26). The van der Waals surface area contributed by atoms with Crippen LogP contribution in [0.1, 0.15) is 22.8 Å². The zero-order chi connectivity index (χ0) is 21.5. The summed E-state index contributed by atoms with van der Waals surface area (Å²) in [6, 6.07) is 14.6. The predicted molar refractivity (Wildman–Crippen MR) is 106 cm³/mol. The minimum Gasteiger partial charge on any atom is -0.462 e. The first-order valence-electron chi connectivity index (χ1n) is 8.97. The number of amides is 1. The summed E-state index contributed by atoms with van der Waals surface area (Å²) >= 11 is 0. The predicted octanol–water partition coefficient (Wildman–Crippen LogP) is 3.71. The lowest BCUT2D eigenvalue weighted by Crippen LogP contribution is -2.19. The first-order valence-corrected chi connectivity index (χ1v) is 8.97.